The van der Waals surface area contributed by atoms with Crippen molar-refractivity contribution in [1.82, 2.24) is 4.98 Å². The first-order valence-corrected chi connectivity index (χ1v) is 6.45. The van der Waals surface area contributed by atoms with E-state index in [0.29, 0.717) is 13.0 Å². The van der Waals surface area contributed by atoms with Crippen molar-refractivity contribution in [3.8, 4) is 0 Å². The summed E-state index contributed by atoms with van der Waals surface area (Å²) in [5.74, 6) is 0.224. The number of rotatable bonds is 2. The molecule has 2 heterocycles. The number of carbonyl (C=O) groups excluding carboxylic acids is 1. The molecule has 9 heteroatoms. The van der Waals surface area contributed by atoms with Crippen LogP contribution in [0.3, 0.4) is 0 Å². The molecule has 0 bridgehead atoms. The van der Waals surface area contributed by atoms with E-state index in [9.17, 15) is 18.0 Å². The highest BCUT2D eigenvalue weighted by Gasteiger charge is 2.39. The maximum Gasteiger partial charge on any atom is 0.417 e. The van der Waals surface area contributed by atoms with Gasteiger partial charge in [-0.15, -0.1) is 0 Å². The van der Waals surface area contributed by atoms with Crippen molar-refractivity contribution < 1.29 is 22.7 Å². The molecule has 1 aliphatic heterocycles. The molecule has 2 rings (SSSR count). The van der Waals surface area contributed by atoms with Crippen LogP contribution in [-0.2, 0) is 10.9 Å². The predicted octanol–water partition coefficient (Wildman–Crippen LogP) is 2.82. The number of carbonyl (C=O) groups is 1. The van der Waals surface area contributed by atoms with Crippen LogP contribution in [0.2, 0.25) is 5.02 Å². The fraction of sp³-hybridized carbons (Fsp3) is 0.500. The molecule has 1 aromatic heterocycles. The van der Waals surface area contributed by atoms with E-state index in [4.69, 9.17) is 22.1 Å². The van der Waals surface area contributed by atoms with E-state index in [1.54, 1.807) is 11.8 Å². The summed E-state index contributed by atoms with van der Waals surface area (Å²) in [6.07, 6.45) is -4.18. The minimum absolute atomic E-state index is 0.104. The van der Waals surface area contributed by atoms with Crippen LogP contribution in [0.1, 0.15) is 18.9 Å². The quantitative estimate of drug-likeness (QED) is 0.908. The number of aromatic nitrogens is 1. The zero-order valence-corrected chi connectivity index (χ0v) is 11.8. The third kappa shape index (κ3) is 3.49. The Kier molecular flexibility index (Phi) is 3.92. The second-order valence-corrected chi connectivity index (χ2v) is 5.48. The van der Waals surface area contributed by atoms with Gasteiger partial charge in [-0.3, -0.25) is 0 Å². The fourth-order valence-electron chi connectivity index (χ4n) is 2.26. The SMILES string of the molecule is CC1(OC(N)=O)CCN(c2ncc(C(F)(F)F)cc2Cl)C1. The van der Waals surface area contributed by atoms with Crippen LogP contribution in [0.15, 0.2) is 12.3 Å². The Morgan fingerprint density at radius 3 is 2.76 bits per heavy atom. The Bertz CT molecular complexity index is 567. The van der Waals surface area contributed by atoms with Crippen LogP contribution >= 0.6 is 11.6 Å². The van der Waals surface area contributed by atoms with Gasteiger partial charge < -0.3 is 15.4 Å². The van der Waals surface area contributed by atoms with Crippen molar-refractivity contribution in [1.29, 1.82) is 0 Å². The number of alkyl halides is 3. The Morgan fingerprint density at radius 1 is 1.57 bits per heavy atom. The summed E-state index contributed by atoms with van der Waals surface area (Å²) in [6, 6.07) is 0.828. The molecule has 5 nitrogen and oxygen atoms in total. The van der Waals surface area contributed by atoms with Gasteiger partial charge in [-0.2, -0.15) is 13.2 Å². The van der Waals surface area contributed by atoms with Crippen molar-refractivity contribution in [2.45, 2.75) is 25.1 Å². The van der Waals surface area contributed by atoms with E-state index in [-0.39, 0.29) is 17.4 Å². The Morgan fingerprint density at radius 2 is 2.24 bits per heavy atom. The molecule has 1 saturated heterocycles. The normalized spacial score (nSPS) is 22.4. The number of primary amides is 1. The minimum atomic E-state index is -4.50. The smallest absolute Gasteiger partial charge is 0.417 e. The summed E-state index contributed by atoms with van der Waals surface area (Å²) >= 11 is 5.88. The zero-order chi connectivity index (χ0) is 15.8. The van der Waals surface area contributed by atoms with E-state index in [1.165, 1.54) is 0 Å². The van der Waals surface area contributed by atoms with Gasteiger partial charge in [0.2, 0.25) is 0 Å². The highest BCUT2D eigenvalue weighted by Crippen LogP contribution is 2.36. The standard InChI is InChI=1S/C12H13ClF3N3O2/c1-11(21-10(17)20)2-3-19(6-11)9-8(13)4-7(5-18-9)12(14,15)16/h4-5H,2-3,6H2,1H3,(H2,17,20). The molecule has 0 radical (unpaired) electrons. The van der Waals surface area contributed by atoms with Crippen LogP contribution < -0.4 is 10.6 Å². The molecule has 0 saturated carbocycles. The van der Waals surface area contributed by atoms with Gasteiger partial charge in [-0.25, -0.2) is 9.78 Å². The van der Waals surface area contributed by atoms with Gasteiger partial charge in [0.1, 0.15) is 11.4 Å². The molecule has 0 aromatic carbocycles. The number of nitrogens with zero attached hydrogens (tertiary/aromatic N) is 2. The molecule has 1 aromatic rings. The van der Waals surface area contributed by atoms with Gasteiger partial charge in [0, 0.05) is 19.2 Å². The highest BCUT2D eigenvalue weighted by molar-refractivity contribution is 6.33. The van der Waals surface area contributed by atoms with Gasteiger partial charge in [-0.05, 0) is 13.0 Å². The van der Waals surface area contributed by atoms with E-state index in [2.05, 4.69) is 4.98 Å². The number of nitrogens with two attached hydrogens (primary N) is 1. The van der Waals surface area contributed by atoms with Gasteiger partial charge >= 0.3 is 12.3 Å². The minimum Gasteiger partial charge on any atom is -0.441 e. The van der Waals surface area contributed by atoms with Crippen molar-refractivity contribution in [2.75, 3.05) is 18.0 Å². The molecule has 21 heavy (non-hydrogen) atoms. The van der Waals surface area contributed by atoms with Crippen molar-refractivity contribution in [3.63, 3.8) is 0 Å². The molecule has 0 spiro atoms. The lowest BCUT2D eigenvalue weighted by Crippen LogP contribution is -2.37. The first kappa shape index (κ1) is 15.7. The predicted molar refractivity (Wildman–Crippen MR) is 70.2 cm³/mol. The summed E-state index contributed by atoms with van der Waals surface area (Å²) < 4.78 is 42.7. The van der Waals surface area contributed by atoms with Crippen LogP contribution in [0.25, 0.3) is 0 Å². The van der Waals surface area contributed by atoms with E-state index >= 15 is 0 Å². The van der Waals surface area contributed by atoms with Crippen molar-refractivity contribution in [3.05, 3.63) is 22.8 Å². The number of amides is 1. The molecule has 0 aliphatic carbocycles. The first-order valence-electron chi connectivity index (χ1n) is 6.07. The molecule has 2 N–H and O–H groups in total. The molecule has 1 unspecified atom stereocenters. The van der Waals surface area contributed by atoms with E-state index in [0.717, 1.165) is 12.3 Å². The number of hydrogen-bond acceptors (Lipinski definition) is 4. The largest absolute Gasteiger partial charge is 0.441 e. The van der Waals surface area contributed by atoms with Crippen molar-refractivity contribution in [2.24, 2.45) is 5.73 Å². The lowest BCUT2D eigenvalue weighted by molar-refractivity contribution is -0.137. The summed E-state index contributed by atoms with van der Waals surface area (Å²) in [7, 11) is 0. The Hall–Kier alpha value is -1.70. The van der Waals surface area contributed by atoms with Crippen LogP contribution in [0.5, 0.6) is 0 Å². The Labute approximate surface area is 123 Å². The van der Waals surface area contributed by atoms with E-state index in [1.807, 2.05) is 0 Å². The highest BCUT2D eigenvalue weighted by atomic mass is 35.5. The fourth-order valence-corrected chi connectivity index (χ4v) is 2.54. The maximum absolute atomic E-state index is 12.6. The van der Waals surface area contributed by atoms with Gasteiger partial charge in [0.25, 0.3) is 0 Å². The molecular weight excluding hydrogens is 311 g/mol. The first-order chi connectivity index (χ1) is 9.61. The van der Waals surface area contributed by atoms with Crippen LogP contribution in [0, 0.1) is 0 Å². The summed E-state index contributed by atoms with van der Waals surface area (Å²) in [5.41, 5.74) is 3.28. The van der Waals surface area contributed by atoms with Gasteiger partial charge in [0.15, 0.2) is 0 Å². The van der Waals surface area contributed by atoms with Crippen LogP contribution in [0.4, 0.5) is 23.8 Å². The number of anilines is 1. The number of ether oxygens (including phenoxy) is 1. The lowest BCUT2D eigenvalue weighted by Gasteiger charge is -2.24. The Balaban J connectivity index is 2.19. The molecule has 1 fully saturated rings. The maximum atomic E-state index is 12.6. The van der Waals surface area contributed by atoms with E-state index < -0.39 is 23.4 Å². The number of pyridine rings is 1. The third-order valence-corrected chi connectivity index (χ3v) is 3.51. The van der Waals surface area contributed by atoms with Crippen LogP contribution in [-0.4, -0.2) is 29.8 Å². The average molecular weight is 324 g/mol. The zero-order valence-electron chi connectivity index (χ0n) is 11.1. The second kappa shape index (κ2) is 5.25. The second-order valence-electron chi connectivity index (χ2n) is 5.07. The number of hydrogen-bond donors (Lipinski definition) is 1. The monoisotopic (exact) mass is 323 g/mol. The summed E-state index contributed by atoms with van der Waals surface area (Å²) in [5, 5.41) is -0.104. The summed E-state index contributed by atoms with van der Waals surface area (Å²) in [6.45, 7) is 2.39. The third-order valence-electron chi connectivity index (χ3n) is 3.23. The molecule has 1 aliphatic rings. The van der Waals surface area contributed by atoms with Gasteiger partial charge in [-0.1, -0.05) is 11.6 Å². The topological polar surface area (TPSA) is 68.5 Å². The van der Waals surface area contributed by atoms with Crippen molar-refractivity contribution >= 4 is 23.5 Å². The molecule has 1 amide bonds. The molecular formula is C12H13ClF3N3O2. The molecule has 1 atom stereocenters. The number of halogens is 4. The average Bonchev–Trinajstić information content (AvgIpc) is 2.68. The lowest BCUT2D eigenvalue weighted by atomic mass is 10.1. The molecule has 116 valence electrons. The summed E-state index contributed by atoms with van der Waals surface area (Å²) in [4.78, 5) is 16.3. The van der Waals surface area contributed by atoms with Gasteiger partial charge in [0.05, 0.1) is 17.1 Å².